The van der Waals surface area contributed by atoms with Crippen LogP contribution in [0.5, 0.6) is 0 Å². The summed E-state index contributed by atoms with van der Waals surface area (Å²) in [6.45, 7) is 0.930. The van der Waals surface area contributed by atoms with Crippen LogP contribution in [-0.4, -0.2) is 31.6 Å². The third-order valence-electron chi connectivity index (χ3n) is 3.53. The van der Waals surface area contributed by atoms with Gasteiger partial charge in [0.1, 0.15) is 5.82 Å². The highest BCUT2D eigenvalue weighted by Gasteiger charge is 2.17. The Hall–Kier alpha value is -0.580. The van der Waals surface area contributed by atoms with Crippen LogP contribution >= 0.6 is 11.8 Å². The van der Waals surface area contributed by atoms with Crippen LogP contribution in [0.1, 0.15) is 25.7 Å². The monoisotopic (exact) mass is 283 g/mol. The minimum absolute atomic E-state index is 0.173. The highest BCUT2D eigenvalue weighted by molar-refractivity contribution is 7.99. The summed E-state index contributed by atoms with van der Waals surface area (Å²) in [6.07, 6.45) is 5.15. The topological polar surface area (TPSA) is 21.3 Å². The number of thioether (sulfide) groups is 1. The Labute approximate surface area is 119 Å². The van der Waals surface area contributed by atoms with Gasteiger partial charge in [-0.15, -0.1) is 11.8 Å². The molecule has 1 aromatic carbocycles. The normalized spacial score (nSPS) is 20.6. The van der Waals surface area contributed by atoms with Crippen molar-refractivity contribution >= 4 is 11.8 Å². The zero-order valence-electron chi connectivity index (χ0n) is 11.4. The van der Waals surface area contributed by atoms with Gasteiger partial charge in [-0.3, -0.25) is 0 Å². The first kappa shape index (κ1) is 14.8. The third-order valence-corrected chi connectivity index (χ3v) is 4.71. The molecule has 1 heterocycles. The van der Waals surface area contributed by atoms with Gasteiger partial charge in [-0.05, 0) is 57.0 Å². The fourth-order valence-electron chi connectivity index (χ4n) is 2.30. The van der Waals surface area contributed by atoms with Crippen LogP contribution in [0.2, 0.25) is 0 Å². The summed E-state index contributed by atoms with van der Waals surface area (Å²) in [5.74, 6) is 0.836. The van der Waals surface area contributed by atoms with E-state index < -0.39 is 0 Å². The zero-order valence-corrected chi connectivity index (χ0v) is 12.2. The molecular formula is C15H22FNOS. The maximum absolute atomic E-state index is 12.8. The summed E-state index contributed by atoms with van der Waals surface area (Å²) in [5.41, 5.74) is 0. The number of hydrogen-bond donors (Lipinski definition) is 1. The molecule has 0 spiro atoms. The number of rotatable bonds is 7. The maximum Gasteiger partial charge on any atom is 0.123 e. The quantitative estimate of drug-likeness (QED) is 0.774. The Kier molecular flexibility index (Phi) is 6.14. The highest BCUT2D eigenvalue weighted by atomic mass is 32.2. The molecule has 2 rings (SSSR count). The minimum atomic E-state index is -0.173. The van der Waals surface area contributed by atoms with Crippen molar-refractivity contribution in [1.29, 1.82) is 0 Å². The van der Waals surface area contributed by atoms with Crippen molar-refractivity contribution in [2.45, 2.75) is 42.7 Å². The molecule has 0 radical (unpaired) electrons. The van der Waals surface area contributed by atoms with Crippen LogP contribution in [0.15, 0.2) is 29.2 Å². The molecule has 1 aliphatic heterocycles. The van der Waals surface area contributed by atoms with E-state index in [2.05, 4.69) is 5.32 Å². The first-order chi connectivity index (χ1) is 9.28. The van der Waals surface area contributed by atoms with Gasteiger partial charge < -0.3 is 10.1 Å². The van der Waals surface area contributed by atoms with Gasteiger partial charge in [-0.2, -0.15) is 0 Å². The lowest BCUT2D eigenvalue weighted by Gasteiger charge is -2.18. The molecule has 1 saturated heterocycles. The average Bonchev–Trinajstić information content (AvgIpc) is 2.94. The Morgan fingerprint density at radius 1 is 1.42 bits per heavy atom. The second-order valence-corrected chi connectivity index (χ2v) is 6.06. The van der Waals surface area contributed by atoms with Crippen molar-refractivity contribution in [2.75, 3.05) is 19.4 Å². The van der Waals surface area contributed by atoms with Crippen molar-refractivity contribution in [3.8, 4) is 0 Å². The summed E-state index contributed by atoms with van der Waals surface area (Å²) in [6, 6.07) is 7.20. The summed E-state index contributed by atoms with van der Waals surface area (Å²) in [7, 11) is 2.01. The van der Waals surface area contributed by atoms with Gasteiger partial charge in [-0.25, -0.2) is 4.39 Å². The van der Waals surface area contributed by atoms with E-state index in [4.69, 9.17) is 4.74 Å². The Bertz CT molecular complexity index is 365. The van der Waals surface area contributed by atoms with Gasteiger partial charge in [0, 0.05) is 23.3 Å². The Morgan fingerprint density at radius 2 is 2.21 bits per heavy atom. The van der Waals surface area contributed by atoms with Crippen molar-refractivity contribution in [2.24, 2.45) is 0 Å². The standard InChI is InChI=1S/C15H22FNOS/c1-17-13(6-7-14-3-2-10-18-14)11-19-15-8-4-12(16)5-9-15/h4-5,8-9,13-14,17H,2-3,6-7,10-11H2,1H3. The summed E-state index contributed by atoms with van der Waals surface area (Å²) in [5, 5.41) is 3.36. The van der Waals surface area contributed by atoms with E-state index >= 15 is 0 Å². The van der Waals surface area contributed by atoms with E-state index in [0.717, 1.165) is 30.1 Å². The van der Waals surface area contributed by atoms with Gasteiger partial charge in [0.05, 0.1) is 6.10 Å². The van der Waals surface area contributed by atoms with E-state index in [0.29, 0.717) is 12.1 Å². The number of halogens is 1. The molecule has 2 nitrogen and oxygen atoms in total. The maximum atomic E-state index is 12.8. The molecule has 0 saturated carbocycles. The summed E-state index contributed by atoms with van der Waals surface area (Å²) in [4.78, 5) is 1.12. The van der Waals surface area contributed by atoms with Crippen LogP contribution in [-0.2, 0) is 4.74 Å². The summed E-state index contributed by atoms with van der Waals surface area (Å²) >= 11 is 1.77. The lowest BCUT2D eigenvalue weighted by molar-refractivity contribution is 0.100. The summed E-state index contributed by atoms with van der Waals surface area (Å²) < 4.78 is 18.5. The number of ether oxygens (including phenoxy) is 1. The Balaban J connectivity index is 1.70. The molecule has 19 heavy (non-hydrogen) atoms. The van der Waals surface area contributed by atoms with Crippen LogP contribution in [0.4, 0.5) is 4.39 Å². The van der Waals surface area contributed by atoms with Crippen molar-refractivity contribution in [3.05, 3.63) is 30.1 Å². The Morgan fingerprint density at radius 3 is 2.84 bits per heavy atom. The molecule has 106 valence electrons. The van der Waals surface area contributed by atoms with Crippen molar-refractivity contribution in [1.82, 2.24) is 5.32 Å². The largest absolute Gasteiger partial charge is 0.378 e. The van der Waals surface area contributed by atoms with Crippen molar-refractivity contribution in [3.63, 3.8) is 0 Å². The van der Waals surface area contributed by atoms with Gasteiger partial charge in [0.15, 0.2) is 0 Å². The van der Waals surface area contributed by atoms with Crippen LogP contribution in [0.3, 0.4) is 0 Å². The fourth-order valence-corrected chi connectivity index (χ4v) is 3.35. The SMILES string of the molecule is CNC(CCC1CCCO1)CSc1ccc(F)cc1. The molecule has 2 unspecified atom stereocenters. The smallest absolute Gasteiger partial charge is 0.123 e. The van der Waals surface area contributed by atoms with Crippen LogP contribution < -0.4 is 5.32 Å². The van der Waals surface area contributed by atoms with E-state index in [9.17, 15) is 4.39 Å². The molecule has 2 atom stereocenters. The number of benzene rings is 1. The van der Waals surface area contributed by atoms with Crippen molar-refractivity contribution < 1.29 is 9.13 Å². The molecule has 0 bridgehead atoms. The zero-order chi connectivity index (χ0) is 13.5. The van der Waals surface area contributed by atoms with Crippen LogP contribution in [0.25, 0.3) is 0 Å². The second kappa shape index (κ2) is 7.88. The van der Waals surface area contributed by atoms with E-state index in [-0.39, 0.29) is 5.82 Å². The molecule has 1 aromatic rings. The van der Waals surface area contributed by atoms with E-state index in [1.54, 1.807) is 11.8 Å². The minimum Gasteiger partial charge on any atom is -0.378 e. The molecular weight excluding hydrogens is 261 g/mol. The molecule has 0 amide bonds. The lowest BCUT2D eigenvalue weighted by Crippen LogP contribution is -2.28. The second-order valence-electron chi connectivity index (χ2n) is 4.96. The first-order valence-electron chi connectivity index (χ1n) is 6.95. The predicted octanol–water partition coefficient (Wildman–Crippen LogP) is 3.47. The molecule has 0 aliphatic carbocycles. The highest BCUT2D eigenvalue weighted by Crippen LogP contribution is 2.22. The van der Waals surface area contributed by atoms with Gasteiger partial charge in [0.2, 0.25) is 0 Å². The number of nitrogens with one attached hydrogen (secondary N) is 1. The fraction of sp³-hybridized carbons (Fsp3) is 0.600. The van der Waals surface area contributed by atoms with Gasteiger partial charge in [-0.1, -0.05) is 0 Å². The molecule has 4 heteroatoms. The molecule has 1 aliphatic rings. The number of hydrogen-bond acceptors (Lipinski definition) is 3. The van der Waals surface area contributed by atoms with E-state index in [1.165, 1.54) is 25.0 Å². The average molecular weight is 283 g/mol. The van der Waals surface area contributed by atoms with E-state index in [1.807, 2.05) is 19.2 Å². The molecule has 1 fully saturated rings. The molecule has 1 N–H and O–H groups in total. The lowest BCUT2D eigenvalue weighted by atomic mass is 10.1. The first-order valence-corrected chi connectivity index (χ1v) is 7.93. The molecule has 0 aromatic heterocycles. The third kappa shape index (κ3) is 5.13. The van der Waals surface area contributed by atoms with Gasteiger partial charge >= 0.3 is 0 Å². The predicted molar refractivity (Wildman–Crippen MR) is 78.2 cm³/mol. The van der Waals surface area contributed by atoms with Gasteiger partial charge in [0.25, 0.3) is 0 Å². The van der Waals surface area contributed by atoms with Crippen LogP contribution in [0, 0.1) is 5.82 Å².